The molecular weight excluding hydrogens is 193 g/mol. The predicted molar refractivity (Wildman–Crippen MR) is 58.8 cm³/mol. The second-order valence-electron chi connectivity index (χ2n) is 4.57. The van der Waals surface area contributed by atoms with Crippen LogP contribution in [-0.4, -0.2) is 5.60 Å². The average molecular weight is 211 g/mol. The monoisotopic (exact) mass is 211 g/mol. The lowest BCUT2D eigenvalue weighted by Gasteiger charge is -2.19. The molecule has 0 spiro atoms. The van der Waals surface area contributed by atoms with Crippen molar-refractivity contribution < 1.29 is 9.13 Å². The zero-order chi connectivity index (χ0) is 11.5. The minimum absolute atomic E-state index is 0.213. The van der Waals surface area contributed by atoms with Crippen molar-refractivity contribution in [3.63, 3.8) is 0 Å². The Morgan fingerprint density at radius 1 is 1.20 bits per heavy atom. The summed E-state index contributed by atoms with van der Waals surface area (Å²) in [6.45, 7) is 6.66. The molecule has 1 rings (SSSR count). The molecule has 84 valence electrons. The summed E-state index contributed by atoms with van der Waals surface area (Å²) in [6, 6.07) is 4.79. The van der Waals surface area contributed by atoms with Crippen LogP contribution in [0.5, 0.6) is 0 Å². The first-order valence-corrected chi connectivity index (χ1v) is 5.03. The Balaban J connectivity index is 2.73. The molecule has 3 heteroatoms. The SMILES string of the molecule is CC(C)(C)OCc1cc(F)cc(CN)c1. The third kappa shape index (κ3) is 4.40. The van der Waals surface area contributed by atoms with Gasteiger partial charge in [0.2, 0.25) is 0 Å². The van der Waals surface area contributed by atoms with Gasteiger partial charge in [-0.1, -0.05) is 6.07 Å². The van der Waals surface area contributed by atoms with Gasteiger partial charge in [-0.25, -0.2) is 4.39 Å². The number of hydrogen-bond donors (Lipinski definition) is 1. The second kappa shape index (κ2) is 4.73. The highest BCUT2D eigenvalue weighted by Gasteiger charge is 2.10. The van der Waals surface area contributed by atoms with Crippen molar-refractivity contribution in [2.75, 3.05) is 0 Å². The molecule has 0 aliphatic rings. The maximum absolute atomic E-state index is 13.1. The van der Waals surface area contributed by atoms with Gasteiger partial charge in [-0.2, -0.15) is 0 Å². The Labute approximate surface area is 90.2 Å². The Kier molecular flexibility index (Phi) is 3.83. The van der Waals surface area contributed by atoms with Gasteiger partial charge in [0, 0.05) is 6.54 Å². The third-order valence-electron chi connectivity index (χ3n) is 1.92. The van der Waals surface area contributed by atoms with Crippen LogP contribution < -0.4 is 5.73 Å². The normalized spacial score (nSPS) is 11.8. The van der Waals surface area contributed by atoms with Crippen molar-refractivity contribution in [1.82, 2.24) is 0 Å². The molecule has 15 heavy (non-hydrogen) atoms. The van der Waals surface area contributed by atoms with E-state index in [0.717, 1.165) is 11.1 Å². The Morgan fingerprint density at radius 3 is 2.33 bits per heavy atom. The van der Waals surface area contributed by atoms with Gasteiger partial charge in [0.05, 0.1) is 12.2 Å². The minimum atomic E-state index is -0.259. The summed E-state index contributed by atoms with van der Waals surface area (Å²) in [5.41, 5.74) is 6.87. The third-order valence-corrected chi connectivity index (χ3v) is 1.92. The van der Waals surface area contributed by atoms with E-state index in [2.05, 4.69) is 0 Å². The zero-order valence-corrected chi connectivity index (χ0v) is 9.51. The molecule has 0 aromatic heterocycles. The molecule has 2 nitrogen and oxygen atoms in total. The van der Waals surface area contributed by atoms with E-state index in [9.17, 15) is 4.39 Å². The van der Waals surface area contributed by atoms with Crippen LogP contribution in [0.4, 0.5) is 4.39 Å². The molecule has 0 aliphatic carbocycles. The van der Waals surface area contributed by atoms with Crippen molar-refractivity contribution in [3.05, 3.63) is 35.1 Å². The van der Waals surface area contributed by atoms with Gasteiger partial charge in [0.15, 0.2) is 0 Å². The highest BCUT2D eigenvalue weighted by Crippen LogP contribution is 2.14. The summed E-state index contributed by atoms with van der Waals surface area (Å²) >= 11 is 0. The van der Waals surface area contributed by atoms with Crippen molar-refractivity contribution >= 4 is 0 Å². The molecule has 1 aromatic rings. The highest BCUT2D eigenvalue weighted by atomic mass is 19.1. The van der Waals surface area contributed by atoms with Crippen LogP contribution in [0.25, 0.3) is 0 Å². The molecule has 0 radical (unpaired) electrons. The summed E-state index contributed by atoms with van der Waals surface area (Å²) in [5, 5.41) is 0. The quantitative estimate of drug-likeness (QED) is 0.834. The van der Waals surface area contributed by atoms with E-state index in [4.69, 9.17) is 10.5 Å². The van der Waals surface area contributed by atoms with Crippen LogP contribution in [0.15, 0.2) is 18.2 Å². The lowest BCUT2D eigenvalue weighted by atomic mass is 10.1. The van der Waals surface area contributed by atoms with Crippen molar-refractivity contribution in [2.24, 2.45) is 5.73 Å². The summed E-state index contributed by atoms with van der Waals surface area (Å²) in [7, 11) is 0. The Hall–Kier alpha value is -0.930. The minimum Gasteiger partial charge on any atom is -0.371 e. The van der Waals surface area contributed by atoms with Gasteiger partial charge in [0.25, 0.3) is 0 Å². The van der Waals surface area contributed by atoms with Crippen molar-refractivity contribution in [1.29, 1.82) is 0 Å². The summed E-state index contributed by atoms with van der Waals surface area (Å²) < 4.78 is 18.7. The summed E-state index contributed by atoms with van der Waals surface area (Å²) in [4.78, 5) is 0. The maximum atomic E-state index is 13.1. The first kappa shape index (κ1) is 12.1. The largest absolute Gasteiger partial charge is 0.371 e. The standard InChI is InChI=1S/C12H18FNO/c1-12(2,3)15-8-10-4-9(7-14)5-11(13)6-10/h4-6H,7-8,14H2,1-3H3. The molecule has 0 fully saturated rings. The average Bonchev–Trinajstić information content (AvgIpc) is 2.13. The first-order valence-electron chi connectivity index (χ1n) is 5.03. The lowest BCUT2D eigenvalue weighted by molar-refractivity contribution is -0.0150. The molecular formula is C12H18FNO. The lowest BCUT2D eigenvalue weighted by Crippen LogP contribution is -2.18. The fraction of sp³-hybridized carbons (Fsp3) is 0.500. The van der Waals surface area contributed by atoms with Gasteiger partial charge in [-0.15, -0.1) is 0 Å². The number of hydrogen-bond acceptors (Lipinski definition) is 2. The van der Waals surface area contributed by atoms with Gasteiger partial charge < -0.3 is 10.5 Å². The molecule has 0 heterocycles. The van der Waals surface area contributed by atoms with Gasteiger partial charge >= 0.3 is 0 Å². The molecule has 0 unspecified atom stereocenters. The van der Waals surface area contributed by atoms with Crippen molar-refractivity contribution in [3.8, 4) is 0 Å². The molecule has 0 atom stereocenters. The van der Waals surface area contributed by atoms with Gasteiger partial charge in [-0.05, 0) is 44.0 Å². The molecule has 2 N–H and O–H groups in total. The van der Waals surface area contributed by atoms with E-state index in [1.165, 1.54) is 12.1 Å². The van der Waals surface area contributed by atoms with Crippen LogP contribution in [0.2, 0.25) is 0 Å². The van der Waals surface area contributed by atoms with Crippen LogP contribution in [0.1, 0.15) is 31.9 Å². The van der Waals surface area contributed by atoms with Gasteiger partial charge in [-0.3, -0.25) is 0 Å². The molecule has 0 saturated heterocycles. The molecule has 0 aliphatic heterocycles. The van der Waals surface area contributed by atoms with Crippen LogP contribution in [0, 0.1) is 5.82 Å². The van der Waals surface area contributed by atoms with Gasteiger partial charge in [0.1, 0.15) is 5.82 Å². The van der Waals surface area contributed by atoms with E-state index < -0.39 is 0 Å². The zero-order valence-electron chi connectivity index (χ0n) is 9.51. The van der Waals surface area contributed by atoms with Crippen LogP contribution in [0.3, 0.4) is 0 Å². The molecule has 1 aromatic carbocycles. The molecule has 0 saturated carbocycles. The number of halogens is 1. The number of rotatable bonds is 3. The molecule has 0 amide bonds. The Morgan fingerprint density at radius 2 is 1.80 bits per heavy atom. The maximum Gasteiger partial charge on any atom is 0.123 e. The highest BCUT2D eigenvalue weighted by molar-refractivity contribution is 5.24. The first-order chi connectivity index (χ1) is 6.90. The molecule has 0 bridgehead atoms. The topological polar surface area (TPSA) is 35.2 Å². The van der Waals surface area contributed by atoms with Crippen LogP contribution in [-0.2, 0) is 17.9 Å². The fourth-order valence-electron chi connectivity index (χ4n) is 1.22. The fourth-order valence-corrected chi connectivity index (χ4v) is 1.22. The predicted octanol–water partition coefficient (Wildman–Crippen LogP) is 2.60. The summed E-state index contributed by atoms with van der Waals surface area (Å²) in [5.74, 6) is -0.259. The number of nitrogens with two attached hydrogens (primary N) is 1. The van der Waals surface area contributed by atoms with Crippen molar-refractivity contribution in [2.45, 2.75) is 39.5 Å². The van der Waals surface area contributed by atoms with Crippen LogP contribution >= 0.6 is 0 Å². The Bertz CT molecular complexity index is 331. The van der Waals surface area contributed by atoms with E-state index in [1.807, 2.05) is 26.8 Å². The second-order valence-corrected chi connectivity index (χ2v) is 4.57. The summed E-state index contributed by atoms with van der Waals surface area (Å²) in [6.07, 6.45) is 0. The van der Waals surface area contributed by atoms with E-state index >= 15 is 0 Å². The number of ether oxygens (including phenoxy) is 1. The number of benzene rings is 1. The van der Waals surface area contributed by atoms with E-state index in [0.29, 0.717) is 13.2 Å². The smallest absolute Gasteiger partial charge is 0.123 e. The van der Waals surface area contributed by atoms with E-state index in [-0.39, 0.29) is 11.4 Å². The van der Waals surface area contributed by atoms with E-state index in [1.54, 1.807) is 0 Å².